The smallest absolute Gasteiger partial charge is 0.203 e. The van der Waals surface area contributed by atoms with E-state index in [1.165, 1.54) is 24.3 Å². The molecule has 0 bridgehead atoms. The summed E-state index contributed by atoms with van der Waals surface area (Å²) in [5, 5.41) is 3.33. The summed E-state index contributed by atoms with van der Waals surface area (Å²) in [5.74, 6) is -7.43. The summed E-state index contributed by atoms with van der Waals surface area (Å²) in [6.45, 7) is -0.478. The molecule has 4 nitrogen and oxygen atoms in total. The number of benzene rings is 3. The first-order valence-corrected chi connectivity index (χ1v) is 11.2. The highest BCUT2D eigenvalue weighted by molar-refractivity contribution is 7.99. The van der Waals surface area contributed by atoms with Gasteiger partial charge in [-0.2, -0.15) is 8.78 Å². The highest BCUT2D eigenvalue weighted by Gasteiger charge is 2.21. The Balaban J connectivity index is 1.25. The number of rotatable bonds is 6. The van der Waals surface area contributed by atoms with Crippen molar-refractivity contribution in [3.05, 3.63) is 107 Å². The Bertz CT molecular complexity index is 1460. The number of ketones is 1. The van der Waals surface area contributed by atoms with Gasteiger partial charge in [0, 0.05) is 21.4 Å². The summed E-state index contributed by atoms with van der Waals surface area (Å²) in [7, 11) is 0. The molecule has 5 rings (SSSR count). The molecule has 0 fully saturated rings. The minimum Gasteiger partial charge on any atom is -0.479 e. The molecule has 0 spiro atoms. The molecule has 2 heterocycles. The number of anilines is 2. The van der Waals surface area contributed by atoms with E-state index in [2.05, 4.69) is 5.32 Å². The van der Waals surface area contributed by atoms with Crippen molar-refractivity contribution in [2.75, 3.05) is 5.32 Å². The van der Waals surface area contributed by atoms with E-state index in [-0.39, 0.29) is 23.4 Å². The van der Waals surface area contributed by atoms with Crippen molar-refractivity contribution >= 4 is 35.0 Å². The van der Waals surface area contributed by atoms with Crippen molar-refractivity contribution in [1.29, 1.82) is 0 Å². The number of ether oxygens (including phenoxy) is 1. The maximum absolute atomic E-state index is 13.7. The quantitative estimate of drug-likeness (QED) is 0.114. The largest absolute Gasteiger partial charge is 0.479 e. The maximum atomic E-state index is 13.7. The third kappa shape index (κ3) is 4.67. The predicted octanol–water partition coefficient (Wildman–Crippen LogP) is 7.52. The van der Waals surface area contributed by atoms with E-state index in [1.807, 2.05) is 30.3 Å². The molecule has 0 unspecified atom stereocenters. The summed E-state index contributed by atoms with van der Waals surface area (Å²) in [6.07, 6.45) is 2.77. The summed E-state index contributed by atoms with van der Waals surface area (Å²) in [4.78, 5) is 14.8. The van der Waals surface area contributed by atoms with Crippen LogP contribution < -0.4 is 10.1 Å². The van der Waals surface area contributed by atoms with Crippen LogP contribution in [-0.2, 0) is 6.61 Å². The van der Waals surface area contributed by atoms with E-state index in [4.69, 9.17) is 9.15 Å². The zero-order valence-corrected chi connectivity index (χ0v) is 18.6. The Morgan fingerprint density at radius 1 is 0.914 bits per heavy atom. The standard InChI is InChI=1S/C26H15F4NO3S/c27-17-12-18(28)25(30)26(24(17)29)33-13-16-7-6-15(34-16)8-9-21(32)14-5-10-23-20(11-14)31-19-3-1-2-4-22(19)35-23/h1-12,31H,13H2/b9-8+. The molecule has 0 atom stereocenters. The highest BCUT2D eigenvalue weighted by atomic mass is 32.2. The summed E-state index contributed by atoms with van der Waals surface area (Å²) >= 11 is 1.61. The van der Waals surface area contributed by atoms with Gasteiger partial charge in [0.05, 0.1) is 11.4 Å². The molecular formula is C26H15F4NO3S. The second-order valence-electron chi connectivity index (χ2n) is 7.52. The minimum atomic E-state index is -1.64. The van der Waals surface area contributed by atoms with Crippen LogP contribution in [0.1, 0.15) is 21.9 Å². The second kappa shape index (κ2) is 9.34. The monoisotopic (exact) mass is 497 g/mol. The molecule has 9 heteroatoms. The van der Waals surface area contributed by atoms with Crippen LogP contribution in [0.15, 0.2) is 80.9 Å². The lowest BCUT2D eigenvalue weighted by atomic mass is 10.1. The van der Waals surface area contributed by atoms with Crippen molar-refractivity contribution in [2.45, 2.75) is 16.4 Å². The Morgan fingerprint density at radius 2 is 1.66 bits per heavy atom. The number of fused-ring (bicyclic) bond motifs is 2. The predicted molar refractivity (Wildman–Crippen MR) is 123 cm³/mol. The van der Waals surface area contributed by atoms with Crippen LogP contribution in [0, 0.1) is 23.3 Å². The molecule has 4 aromatic rings. The van der Waals surface area contributed by atoms with Gasteiger partial charge in [0.1, 0.15) is 18.1 Å². The lowest BCUT2D eigenvalue weighted by Gasteiger charge is -2.20. The second-order valence-corrected chi connectivity index (χ2v) is 8.61. The van der Waals surface area contributed by atoms with Gasteiger partial charge < -0.3 is 14.5 Å². The molecule has 0 saturated carbocycles. The van der Waals surface area contributed by atoms with Gasteiger partial charge in [0.2, 0.25) is 11.6 Å². The fourth-order valence-electron chi connectivity index (χ4n) is 3.43. The van der Waals surface area contributed by atoms with Crippen molar-refractivity contribution in [3.8, 4) is 5.75 Å². The molecule has 35 heavy (non-hydrogen) atoms. The molecule has 3 aromatic carbocycles. The number of halogens is 4. The van der Waals surface area contributed by atoms with Gasteiger partial charge in [-0.1, -0.05) is 23.9 Å². The van der Waals surface area contributed by atoms with Crippen LogP contribution in [0.4, 0.5) is 28.9 Å². The lowest BCUT2D eigenvalue weighted by molar-refractivity contribution is 0.104. The van der Waals surface area contributed by atoms with Crippen molar-refractivity contribution in [3.63, 3.8) is 0 Å². The molecule has 0 amide bonds. The normalized spacial score (nSPS) is 12.2. The number of carbonyl (C=O) groups excluding carboxylic acids is 1. The molecule has 1 aromatic heterocycles. The average Bonchev–Trinajstić information content (AvgIpc) is 3.32. The third-order valence-corrected chi connectivity index (χ3v) is 6.30. The number of furan rings is 1. The van der Waals surface area contributed by atoms with E-state index in [9.17, 15) is 22.4 Å². The van der Waals surface area contributed by atoms with Crippen LogP contribution in [-0.4, -0.2) is 5.78 Å². The summed E-state index contributed by atoms with van der Waals surface area (Å²) < 4.78 is 64.3. The van der Waals surface area contributed by atoms with Crippen LogP contribution in [0.2, 0.25) is 0 Å². The molecule has 0 radical (unpaired) electrons. The van der Waals surface area contributed by atoms with E-state index >= 15 is 0 Å². The van der Waals surface area contributed by atoms with E-state index in [1.54, 1.807) is 23.9 Å². The van der Waals surface area contributed by atoms with Gasteiger partial charge in [0.25, 0.3) is 0 Å². The number of hydrogen-bond acceptors (Lipinski definition) is 5. The first-order chi connectivity index (χ1) is 16.9. The Morgan fingerprint density at radius 3 is 2.46 bits per heavy atom. The van der Waals surface area contributed by atoms with Crippen LogP contribution in [0.5, 0.6) is 5.75 Å². The Hall–Kier alpha value is -3.98. The van der Waals surface area contributed by atoms with Crippen LogP contribution in [0.25, 0.3) is 6.08 Å². The SMILES string of the molecule is O=C(/C=C/c1ccc(COc2c(F)c(F)cc(F)c2F)o1)c1ccc2c(c1)Nc1ccccc1S2. The molecule has 0 saturated heterocycles. The minimum absolute atomic E-state index is 0.0979. The number of nitrogens with one attached hydrogen (secondary N) is 1. The van der Waals surface area contributed by atoms with E-state index in [0.717, 1.165) is 21.2 Å². The average molecular weight is 497 g/mol. The van der Waals surface area contributed by atoms with Gasteiger partial charge in [-0.05, 0) is 54.6 Å². The molecular weight excluding hydrogens is 482 g/mol. The summed E-state index contributed by atoms with van der Waals surface area (Å²) in [6, 6.07) is 16.3. The van der Waals surface area contributed by atoms with Gasteiger partial charge in [-0.15, -0.1) is 0 Å². The van der Waals surface area contributed by atoms with Crippen molar-refractivity contribution in [2.24, 2.45) is 0 Å². The molecule has 1 N–H and O–H groups in total. The fraction of sp³-hybridized carbons (Fsp3) is 0.0385. The van der Waals surface area contributed by atoms with E-state index < -0.39 is 35.6 Å². The molecule has 1 aliphatic rings. The zero-order chi connectivity index (χ0) is 24.5. The number of hydrogen-bond donors (Lipinski definition) is 1. The Kier molecular flexibility index (Phi) is 6.08. The van der Waals surface area contributed by atoms with Crippen LogP contribution in [0.3, 0.4) is 0 Å². The van der Waals surface area contributed by atoms with Crippen LogP contribution >= 0.6 is 11.8 Å². The van der Waals surface area contributed by atoms with Crippen molar-refractivity contribution in [1.82, 2.24) is 0 Å². The van der Waals surface area contributed by atoms with Crippen molar-refractivity contribution < 1.29 is 31.5 Å². The number of allylic oxidation sites excluding steroid dienone is 1. The Labute approximate surface area is 201 Å². The first-order valence-electron chi connectivity index (χ1n) is 10.3. The van der Waals surface area contributed by atoms with Gasteiger partial charge in [-0.25, -0.2) is 8.78 Å². The zero-order valence-electron chi connectivity index (χ0n) is 17.8. The maximum Gasteiger partial charge on any atom is 0.203 e. The number of carbonyl (C=O) groups is 1. The molecule has 176 valence electrons. The van der Waals surface area contributed by atoms with E-state index in [0.29, 0.717) is 5.56 Å². The fourth-order valence-corrected chi connectivity index (χ4v) is 4.40. The third-order valence-electron chi connectivity index (χ3n) is 5.15. The van der Waals surface area contributed by atoms with Gasteiger partial charge >= 0.3 is 0 Å². The van der Waals surface area contributed by atoms with Gasteiger partial charge in [-0.3, -0.25) is 4.79 Å². The topological polar surface area (TPSA) is 51.5 Å². The molecule has 1 aliphatic heterocycles. The lowest BCUT2D eigenvalue weighted by Crippen LogP contribution is -2.03. The first kappa shape index (κ1) is 22.8. The molecule has 0 aliphatic carbocycles. The highest BCUT2D eigenvalue weighted by Crippen LogP contribution is 2.44. The van der Waals surface area contributed by atoms with Gasteiger partial charge in [0.15, 0.2) is 23.2 Å². The number of para-hydroxylation sites is 1. The summed E-state index contributed by atoms with van der Waals surface area (Å²) in [5.41, 5.74) is 2.27.